The lowest BCUT2D eigenvalue weighted by atomic mass is 9.78. The molecule has 8 heteroatoms. The second-order valence-electron chi connectivity index (χ2n) is 9.42. The molecule has 4 rings (SSSR count). The van der Waals surface area contributed by atoms with Crippen molar-refractivity contribution in [1.82, 2.24) is 14.5 Å². The van der Waals surface area contributed by atoms with Gasteiger partial charge in [-0.2, -0.15) is 0 Å². The highest BCUT2D eigenvalue weighted by Crippen LogP contribution is 2.35. The third kappa shape index (κ3) is 5.92. The lowest BCUT2D eigenvalue weighted by Crippen LogP contribution is -2.50. The number of amides is 1. The average molecular weight is 492 g/mol. The highest BCUT2D eigenvalue weighted by Gasteiger charge is 2.35. The molecule has 33 heavy (non-hydrogen) atoms. The second-order valence-corrected chi connectivity index (χ2v) is 10.8. The van der Waals surface area contributed by atoms with Gasteiger partial charge in [0, 0.05) is 30.8 Å². The van der Waals surface area contributed by atoms with Gasteiger partial charge in [-0.25, -0.2) is 4.98 Å². The molecular formula is C25H34ClN3O3S. The lowest BCUT2D eigenvalue weighted by Gasteiger charge is -2.44. The van der Waals surface area contributed by atoms with Gasteiger partial charge in [-0.15, -0.1) is 0 Å². The van der Waals surface area contributed by atoms with Gasteiger partial charge in [-0.1, -0.05) is 36.2 Å². The van der Waals surface area contributed by atoms with Crippen molar-refractivity contribution in [2.24, 2.45) is 5.92 Å². The van der Waals surface area contributed by atoms with Gasteiger partial charge in [-0.05, 0) is 70.1 Å². The van der Waals surface area contributed by atoms with Crippen molar-refractivity contribution in [3.8, 4) is 0 Å². The van der Waals surface area contributed by atoms with Crippen LogP contribution in [0.2, 0.25) is 5.02 Å². The van der Waals surface area contributed by atoms with Crippen LogP contribution < -0.4 is 5.56 Å². The Labute approximate surface area is 205 Å². The van der Waals surface area contributed by atoms with Crippen LogP contribution in [0.1, 0.15) is 58.8 Å². The van der Waals surface area contributed by atoms with E-state index in [4.69, 9.17) is 21.3 Å². The Balaban J connectivity index is 1.52. The number of nitrogens with zero attached hydrogens (tertiary/aromatic N) is 3. The standard InChI is InChI=1S/C25H34ClN3O3S/c1-17(2)32-14-6-13-29-24(31)20-11-10-19(26)15-21(20)27-25(29)33-16-23(30)28-12-5-8-18-7-3-4-9-22(18)28/h10-11,15,17-18,22H,3-9,12-14,16H2,1-2H3/t18-,22+/m1/s1. The average Bonchev–Trinajstić information content (AvgIpc) is 2.80. The molecule has 2 fully saturated rings. The number of likely N-dealkylation sites (tertiary alicyclic amines) is 1. The van der Waals surface area contributed by atoms with Gasteiger partial charge in [0.2, 0.25) is 5.91 Å². The highest BCUT2D eigenvalue weighted by atomic mass is 35.5. The third-order valence-corrected chi connectivity index (χ3v) is 7.94. The van der Waals surface area contributed by atoms with E-state index in [0.29, 0.717) is 58.4 Å². The van der Waals surface area contributed by atoms with Crippen molar-refractivity contribution in [1.29, 1.82) is 0 Å². The van der Waals surface area contributed by atoms with E-state index in [-0.39, 0.29) is 17.6 Å². The minimum Gasteiger partial charge on any atom is -0.379 e. The summed E-state index contributed by atoms with van der Waals surface area (Å²) in [7, 11) is 0. The second kappa shape index (κ2) is 11.2. The van der Waals surface area contributed by atoms with Gasteiger partial charge in [0.05, 0.1) is 22.8 Å². The summed E-state index contributed by atoms with van der Waals surface area (Å²) in [4.78, 5) is 33.3. The highest BCUT2D eigenvalue weighted by molar-refractivity contribution is 7.99. The van der Waals surface area contributed by atoms with Crippen LogP contribution in [0.5, 0.6) is 0 Å². The Kier molecular flexibility index (Phi) is 8.36. The van der Waals surface area contributed by atoms with E-state index < -0.39 is 0 Å². The molecule has 1 aromatic heterocycles. The number of carbonyl (C=O) groups excluding carboxylic acids is 1. The van der Waals surface area contributed by atoms with Crippen molar-refractivity contribution in [2.45, 2.75) is 82.6 Å². The summed E-state index contributed by atoms with van der Waals surface area (Å²) >= 11 is 7.52. The molecule has 180 valence electrons. The lowest BCUT2D eigenvalue weighted by molar-refractivity contribution is -0.134. The third-order valence-electron chi connectivity index (χ3n) is 6.75. The van der Waals surface area contributed by atoms with Crippen molar-refractivity contribution < 1.29 is 9.53 Å². The van der Waals surface area contributed by atoms with Crippen molar-refractivity contribution in [3.05, 3.63) is 33.6 Å². The molecule has 2 heterocycles. The van der Waals surface area contributed by atoms with E-state index >= 15 is 0 Å². The molecule has 2 aliphatic rings. The van der Waals surface area contributed by atoms with Crippen LogP contribution in [0.3, 0.4) is 0 Å². The first-order valence-electron chi connectivity index (χ1n) is 12.2. The predicted molar refractivity (Wildman–Crippen MR) is 134 cm³/mol. The fraction of sp³-hybridized carbons (Fsp3) is 0.640. The molecule has 6 nitrogen and oxygen atoms in total. The quantitative estimate of drug-likeness (QED) is 0.290. The molecule has 0 spiro atoms. The first kappa shape index (κ1) is 24.6. The fourth-order valence-electron chi connectivity index (χ4n) is 5.17. The molecule has 1 saturated heterocycles. The molecule has 1 amide bonds. The summed E-state index contributed by atoms with van der Waals surface area (Å²) in [5, 5.41) is 1.66. The van der Waals surface area contributed by atoms with Crippen LogP contribution in [-0.2, 0) is 16.1 Å². The largest absolute Gasteiger partial charge is 0.379 e. The van der Waals surface area contributed by atoms with Gasteiger partial charge in [0.15, 0.2) is 5.16 Å². The molecule has 2 atom stereocenters. The van der Waals surface area contributed by atoms with Crippen molar-refractivity contribution >= 4 is 40.2 Å². The number of halogens is 1. The topological polar surface area (TPSA) is 64.4 Å². The fourth-order valence-corrected chi connectivity index (χ4v) is 6.24. The number of rotatable bonds is 8. The maximum absolute atomic E-state index is 13.3. The van der Waals surface area contributed by atoms with E-state index in [2.05, 4.69) is 4.90 Å². The van der Waals surface area contributed by atoms with E-state index in [1.165, 1.54) is 37.4 Å². The normalized spacial score (nSPS) is 20.9. The molecule has 0 radical (unpaired) electrons. The Morgan fingerprint density at radius 3 is 2.85 bits per heavy atom. The first-order valence-corrected chi connectivity index (χ1v) is 13.5. The van der Waals surface area contributed by atoms with E-state index in [1.54, 1.807) is 22.8 Å². The van der Waals surface area contributed by atoms with Crippen LogP contribution >= 0.6 is 23.4 Å². The van der Waals surface area contributed by atoms with Gasteiger partial charge in [0.25, 0.3) is 5.56 Å². The summed E-state index contributed by atoms with van der Waals surface area (Å²) in [5.74, 6) is 1.11. The molecule has 1 aliphatic carbocycles. The smallest absolute Gasteiger partial charge is 0.262 e. The van der Waals surface area contributed by atoms with Crippen LogP contribution in [0, 0.1) is 5.92 Å². The summed E-state index contributed by atoms with van der Waals surface area (Å²) in [6.45, 7) is 5.92. The molecule has 0 N–H and O–H groups in total. The predicted octanol–water partition coefficient (Wildman–Crippen LogP) is 5.14. The number of thioether (sulfide) groups is 1. The van der Waals surface area contributed by atoms with Gasteiger partial charge < -0.3 is 9.64 Å². The monoisotopic (exact) mass is 491 g/mol. The van der Waals surface area contributed by atoms with E-state index in [0.717, 1.165) is 19.4 Å². The number of piperidine rings is 1. The Morgan fingerprint density at radius 1 is 1.24 bits per heavy atom. The maximum atomic E-state index is 13.3. The molecular weight excluding hydrogens is 458 g/mol. The number of carbonyl (C=O) groups is 1. The molecule has 1 aliphatic heterocycles. The molecule has 0 bridgehead atoms. The number of hydrogen-bond acceptors (Lipinski definition) is 5. The van der Waals surface area contributed by atoms with Crippen LogP contribution in [0.4, 0.5) is 0 Å². The van der Waals surface area contributed by atoms with E-state index in [1.807, 2.05) is 13.8 Å². The zero-order valence-corrected chi connectivity index (χ0v) is 21.2. The van der Waals surface area contributed by atoms with Crippen LogP contribution in [0.25, 0.3) is 10.9 Å². The van der Waals surface area contributed by atoms with Gasteiger partial charge in [-0.3, -0.25) is 14.2 Å². The minimum absolute atomic E-state index is 0.0959. The van der Waals surface area contributed by atoms with Crippen LogP contribution in [0.15, 0.2) is 28.2 Å². The molecule has 0 unspecified atom stereocenters. The first-order chi connectivity index (χ1) is 15.9. The van der Waals surface area contributed by atoms with Crippen molar-refractivity contribution in [3.63, 3.8) is 0 Å². The van der Waals surface area contributed by atoms with Gasteiger partial charge >= 0.3 is 0 Å². The Hall–Kier alpha value is -1.57. The zero-order valence-electron chi connectivity index (χ0n) is 19.6. The van der Waals surface area contributed by atoms with Crippen molar-refractivity contribution in [2.75, 3.05) is 18.9 Å². The summed E-state index contributed by atoms with van der Waals surface area (Å²) in [5.41, 5.74) is 0.476. The zero-order chi connectivity index (χ0) is 23.4. The minimum atomic E-state index is -0.0959. The SMILES string of the molecule is CC(C)OCCCn1c(SCC(=O)N2CCC[C@H]3CCCC[C@@H]32)nc2cc(Cl)ccc2c1=O. The Morgan fingerprint density at radius 2 is 2.03 bits per heavy atom. The Bertz CT molecular complexity index is 1040. The van der Waals surface area contributed by atoms with Crippen LogP contribution in [-0.4, -0.2) is 51.4 Å². The van der Waals surface area contributed by atoms with Gasteiger partial charge in [0.1, 0.15) is 0 Å². The molecule has 1 aromatic carbocycles. The molecule has 2 aromatic rings. The summed E-state index contributed by atoms with van der Waals surface area (Å²) < 4.78 is 7.35. The number of aromatic nitrogens is 2. The van der Waals surface area contributed by atoms with E-state index in [9.17, 15) is 9.59 Å². The summed E-state index contributed by atoms with van der Waals surface area (Å²) in [6.07, 6.45) is 8.05. The number of fused-ring (bicyclic) bond motifs is 2. The number of hydrogen-bond donors (Lipinski definition) is 0. The molecule has 1 saturated carbocycles. The maximum Gasteiger partial charge on any atom is 0.262 e. The number of benzene rings is 1. The number of ether oxygens (including phenoxy) is 1. The summed E-state index contributed by atoms with van der Waals surface area (Å²) in [6, 6.07) is 5.55.